The molecule has 0 aromatic heterocycles. The number of fused-ring (bicyclic) bond motifs is 24. The largest absolute Gasteiger partial charge is 0.0654 e. The fourth-order valence-corrected chi connectivity index (χ4v) is 14.1. The molecular weight excluding hydrogens is 312 g/mol. The lowest BCUT2D eigenvalue weighted by atomic mass is 9.10. The normalized spacial score (nSPS) is 83.7. The van der Waals surface area contributed by atoms with Crippen LogP contribution < -0.4 is 0 Å². The van der Waals surface area contributed by atoms with Crippen molar-refractivity contribution in [3.05, 3.63) is 0 Å². The van der Waals surface area contributed by atoms with Crippen LogP contribution in [0.15, 0.2) is 0 Å². The molecule has 0 aliphatic heterocycles. The summed E-state index contributed by atoms with van der Waals surface area (Å²) >= 11 is 0. The first-order valence-electron chi connectivity index (χ1n) is 12.9. The van der Waals surface area contributed by atoms with Gasteiger partial charge in [0.2, 0.25) is 0 Å². The van der Waals surface area contributed by atoms with E-state index in [0.717, 1.165) is 0 Å². The van der Waals surface area contributed by atoms with Crippen molar-refractivity contribution in [2.24, 2.45) is 112 Å². The summed E-state index contributed by atoms with van der Waals surface area (Å²) in [6, 6.07) is 0. The van der Waals surface area contributed by atoms with E-state index >= 15 is 0 Å². The van der Waals surface area contributed by atoms with Gasteiger partial charge >= 0.3 is 0 Å². The molecule has 10 rings (SSSR count). The maximum atomic E-state index is 2.46. The molecule has 10 aliphatic carbocycles. The van der Waals surface area contributed by atoms with Gasteiger partial charge in [-0.05, 0) is 138 Å². The molecule has 0 nitrogen and oxygen atoms in total. The summed E-state index contributed by atoms with van der Waals surface area (Å²) in [5.41, 5.74) is 0. The van der Waals surface area contributed by atoms with Crippen LogP contribution in [0.1, 0.15) is 45.4 Å². The minimum atomic E-state index is 1.20. The molecule has 10 saturated carbocycles. The van der Waals surface area contributed by atoms with Gasteiger partial charge in [-0.3, -0.25) is 0 Å². The molecule has 138 valence electrons. The Morgan fingerprint density at radius 1 is 0.423 bits per heavy atom. The molecule has 0 aromatic rings. The molecule has 0 bridgehead atoms. The Bertz CT molecular complexity index is 753. The van der Waals surface area contributed by atoms with Crippen molar-refractivity contribution < 1.29 is 0 Å². The molecule has 0 N–H and O–H groups in total. The Morgan fingerprint density at radius 3 is 1.19 bits per heavy atom. The fraction of sp³-hybridized carbons (Fsp3) is 1.00. The highest BCUT2D eigenvalue weighted by Crippen LogP contribution is 2.94. The summed E-state index contributed by atoms with van der Waals surface area (Å²) in [4.78, 5) is 0. The Kier molecular flexibility index (Phi) is 1.85. The van der Waals surface area contributed by atoms with Crippen LogP contribution in [0.3, 0.4) is 0 Å². The highest BCUT2D eigenvalue weighted by Gasteiger charge is 2.91. The Balaban J connectivity index is 0.973. The van der Waals surface area contributed by atoms with E-state index in [0.29, 0.717) is 0 Å². The monoisotopic (exact) mass is 346 g/mol. The summed E-state index contributed by atoms with van der Waals surface area (Å²) in [6.07, 6.45) is 9.62. The van der Waals surface area contributed by atoms with E-state index in [4.69, 9.17) is 0 Å². The second-order valence-electron chi connectivity index (χ2n) is 13.3. The Labute approximate surface area is 158 Å². The van der Waals surface area contributed by atoms with Gasteiger partial charge in [0.05, 0.1) is 0 Å². The third kappa shape index (κ3) is 0.927. The summed E-state index contributed by atoms with van der Waals surface area (Å²) in [7, 11) is 0. The second kappa shape index (κ2) is 3.63. The third-order valence-electron chi connectivity index (χ3n) is 14.4. The van der Waals surface area contributed by atoms with Crippen molar-refractivity contribution in [2.45, 2.75) is 45.4 Å². The molecule has 10 aliphatic rings. The summed E-state index contributed by atoms with van der Waals surface area (Å²) < 4.78 is 0. The Morgan fingerprint density at radius 2 is 0.769 bits per heavy atom. The predicted molar refractivity (Wildman–Crippen MR) is 99.7 cm³/mol. The molecular formula is C26H34. The highest BCUT2D eigenvalue weighted by molar-refractivity contribution is 5.38. The van der Waals surface area contributed by atoms with E-state index < -0.39 is 0 Å². The van der Waals surface area contributed by atoms with Gasteiger partial charge in [-0.25, -0.2) is 0 Å². The van der Waals surface area contributed by atoms with Crippen molar-refractivity contribution in [1.29, 1.82) is 0 Å². The smallest absolute Gasteiger partial charge is 0.0312 e. The van der Waals surface area contributed by atoms with Crippen LogP contribution in [-0.2, 0) is 0 Å². The SMILES string of the molecule is CCCC1C2CCC2C2C1C1C2C2C1C1C3C4C5C6CCC6C5C4C3C21. The maximum Gasteiger partial charge on any atom is -0.0312 e. The van der Waals surface area contributed by atoms with Crippen molar-refractivity contribution in [1.82, 2.24) is 0 Å². The molecule has 0 aromatic carbocycles. The zero-order chi connectivity index (χ0) is 16.2. The van der Waals surface area contributed by atoms with Crippen LogP contribution in [0.5, 0.6) is 0 Å². The quantitative estimate of drug-likeness (QED) is 0.604. The molecule has 0 heteroatoms. The maximum absolute atomic E-state index is 2.46. The number of hydrogen-bond acceptors (Lipinski definition) is 0. The van der Waals surface area contributed by atoms with Gasteiger partial charge in [0.15, 0.2) is 0 Å². The van der Waals surface area contributed by atoms with Crippen molar-refractivity contribution in [3.8, 4) is 0 Å². The molecule has 0 heterocycles. The Hall–Kier alpha value is 0. The van der Waals surface area contributed by atoms with Gasteiger partial charge in [-0.1, -0.05) is 19.8 Å². The van der Waals surface area contributed by atoms with Crippen LogP contribution in [-0.4, -0.2) is 0 Å². The molecule has 0 spiro atoms. The molecule has 0 saturated heterocycles. The van der Waals surface area contributed by atoms with Crippen LogP contribution in [0.25, 0.3) is 0 Å². The third-order valence-corrected chi connectivity index (χ3v) is 14.4. The van der Waals surface area contributed by atoms with Gasteiger partial charge in [-0.15, -0.1) is 0 Å². The summed E-state index contributed by atoms with van der Waals surface area (Å²) in [5, 5.41) is 0. The summed E-state index contributed by atoms with van der Waals surface area (Å²) in [6.45, 7) is 2.46. The number of rotatable bonds is 2. The minimum Gasteiger partial charge on any atom is -0.0654 e. The molecule has 0 amide bonds. The average molecular weight is 347 g/mol. The summed E-state index contributed by atoms with van der Waals surface area (Å²) in [5.74, 6) is 24.2. The molecule has 19 unspecified atom stereocenters. The molecule has 0 radical (unpaired) electrons. The fourth-order valence-electron chi connectivity index (χ4n) is 14.1. The van der Waals surface area contributed by atoms with Gasteiger partial charge in [0.1, 0.15) is 0 Å². The van der Waals surface area contributed by atoms with Gasteiger partial charge in [-0.2, -0.15) is 0 Å². The first-order valence-corrected chi connectivity index (χ1v) is 12.9. The van der Waals surface area contributed by atoms with Crippen LogP contribution in [0.2, 0.25) is 0 Å². The van der Waals surface area contributed by atoms with Crippen molar-refractivity contribution in [2.75, 3.05) is 0 Å². The van der Waals surface area contributed by atoms with Gasteiger partial charge < -0.3 is 0 Å². The average Bonchev–Trinajstić information content (AvgIpc) is 2.71. The van der Waals surface area contributed by atoms with E-state index in [2.05, 4.69) is 6.92 Å². The van der Waals surface area contributed by atoms with Crippen LogP contribution in [0.4, 0.5) is 0 Å². The minimum absolute atomic E-state index is 1.20. The van der Waals surface area contributed by atoms with E-state index in [1.54, 1.807) is 32.1 Å². The molecule has 10 fully saturated rings. The van der Waals surface area contributed by atoms with Gasteiger partial charge in [0.25, 0.3) is 0 Å². The lowest BCUT2D eigenvalue weighted by Gasteiger charge is -2.94. The second-order valence-corrected chi connectivity index (χ2v) is 13.3. The first-order chi connectivity index (χ1) is 12.9. The van der Waals surface area contributed by atoms with Crippen molar-refractivity contribution in [3.63, 3.8) is 0 Å². The lowest BCUT2D eigenvalue weighted by Crippen LogP contribution is -2.91. The van der Waals surface area contributed by atoms with Crippen LogP contribution >= 0.6 is 0 Å². The molecule has 26 heavy (non-hydrogen) atoms. The zero-order valence-electron chi connectivity index (χ0n) is 16.2. The molecule has 19 atom stereocenters. The first kappa shape index (κ1) is 13.3. The van der Waals surface area contributed by atoms with E-state index in [1.807, 2.05) is 0 Å². The zero-order valence-corrected chi connectivity index (χ0v) is 16.2. The number of hydrogen-bond donors (Lipinski definition) is 0. The highest BCUT2D eigenvalue weighted by atomic mass is 15.0. The van der Waals surface area contributed by atoms with Crippen molar-refractivity contribution >= 4 is 0 Å². The lowest BCUT2D eigenvalue weighted by molar-refractivity contribution is -0.477. The van der Waals surface area contributed by atoms with E-state index in [-0.39, 0.29) is 0 Å². The topological polar surface area (TPSA) is 0 Å². The van der Waals surface area contributed by atoms with E-state index in [1.165, 1.54) is 119 Å². The van der Waals surface area contributed by atoms with Gasteiger partial charge in [0, 0.05) is 0 Å². The van der Waals surface area contributed by atoms with E-state index in [9.17, 15) is 0 Å². The predicted octanol–water partition coefficient (Wildman–Crippen LogP) is 5.19. The standard InChI is InChI=1S/C26H34/c1-2-3-9-8-4-5-10(8)14-13(9)17-18(14)22-21(17)25-23-19-15-11-6-7-12(11)16(15)20(19)24(23)26(22)25/h8-26H,2-7H2,1H3. The van der Waals surface area contributed by atoms with Crippen LogP contribution in [0, 0.1) is 112 Å².